The van der Waals surface area contributed by atoms with Gasteiger partial charge in [-0.1, -0.05) is 10.3 Å². The van der Waals surface area contributed by atoms with E-state index in [-0.39, 0.29) is 34.8 Å². The molecule has 0 rings (SSSR count). The Hall–Kier alpha value is 0.213. The first-order chi connectivity index (χ1) is 12.0. The van der Waals surface area contributed by atoms with Crippen LogP contribution in [-0.4, -0.2) is 56.7 Å². The average Bonchev–Trinajstić information content (AvgIpc) is 2.31. The molecule has 6 heteroatoms. The molecule has 0 bridgehead atoms. The second kappa shape index (κ2) is 16.0. The van der Waals surface area contributed by atoms with Gasteiger partial charge >= 0.3 is 134 Å². The Kier molecular flexibility index (Phi) is 20.3. The van der Waals surface area contributed by atoms with Crippen LogP contribution in [0.25, 0.3) is 0 Å². The molecule has 0 aromatic rings. The zero-order valence-electron chi connectivity index (χ0n) is 21.9. The molecule has 4 nitrogen and oxygen atoms in total. The predicted octanol–water partition coefficient (Wildman–Crippen LogP) is 7.97. The standard InChI is InChI=1S/4C4H9.2C3H7NO.2Ga/c4*1-4(2)3;2*1-3(2)4-5;;/h4*1-3H3;2*5H,1-2H3;;. The SMILES string of the molecule is CC(C)=NO.CC(C)=NO.C[C](C)(C)[Ga][C](C)(C)C.C[C](C)(C)[Ga][C](C)(C)C. The van der Waals surface area contributed by atoms with Gasteiger partial charge in [0, 0.05) is 0 Å². The van der Waals surface area contributed by atoms with E-state index < -0.39 is 0 Å². The van der Waals surface area contributed by atoms with E-state index in [0.717, 1.165) is 0 Å². The third kappa shape index (κ3) is 63.4. The van der Waals surface area contributed by atoms with Gasteiger partial charge in [-0.05, 0) is 27.7 Å². The summed E-state index contributed by atoms with van der Waals surface area (Å²) in [4.78, 5) is 0. The number of oxime groups is 2. The first-order valence-electron chi connectivity index (χ1n) is 10.0. The monoisotopic (exact) mass is 512 g/mol. The molecule has 0 aromatic heterocycles. The van der Waals surface area contributed by atoms with Crippen LogP contribution in [0.4, 0.5) is 0 Å². The van der Waals surface area contributed by atoms with Gasteiger partial charge < -0.3 is 10.4 Å². The summed E-state index contributed by atoms with van der Waals surface area (Å²) >= 11 is -0.125. The summed E-state index contributed by atoms with van der Waals surface area (Å²) in [6.45, 7) is 35.2. The molecule has 0 atom stereocenters. The Bertz CT molecular complexity index is 359. The first-order valence-corrected chi connectivity index (χ1v) is 14.8. The zero-order valence-corrected chi connectivity index (χ0v) is 26.8. The van der Waals surface area contributed by atoms with Crippen LogP contribution in [0, 0.1) is 0 Å². The van der Waals surface area contributed by atoms with Crippen LogP contribution in [0.2, 0.25) is 15.9 Å². The number of hydrogen-bond acceptors (Lipinski definition) is 4. The fourth-order valence-electron chi connectivity index (χ4n) is 2.60. The Morgan fingerprint density at radius 1 is 0.464 bits per heavy atom. The van der Waals surface area contributed by atoms with Crippen molar-refractivity contribution in [2.45, 2.75) is 127 Å². The van der Waals surface area contributed by atoms with Crippen molar-refractivity contribution in [1.29, 1.82) is 0 Å². The molecule has 28 heavy (non-hydrogen) atoms. The fourth-order valence-corrected chi connectivity index (χ4v) is 13.5. The minimum atomic E-state index is -0.0625. The second-order valence-corrected chi connectivity index (χ2v) is 27.6. The van der Waals surface area contributed by atoms with Crippen molar-refractivity contribution in [2.24, 2.45) is 10.3 Å². The van der Waals surface area contributed by atoms with E-state index in [9.17, 15) is 0 Å². The molecule has 0 aromatic carbocycles. The van der Waals surface area contributed by atoms with Gasteiger partial charge in [0.05, 0.1) is 11.4 Å². The quantitative estimate of drug-likeness (QED) is 0.149. The summed E-state index contributed by atoms with van der Waals surface area (Å²) in [5, 5.41) is 21.1. The van der Waals surface area contributed by atoms with Crippen LogP contribution >= 0.6 is 0 Å². The zero-order chi connectivity index (χ0) is 24.0. The van der Waals surface area contributed by atoms with Crippen molar-refractivity contribution in [3.63, 3.8) is 0 Å². The molecule has 166 valence electrons. The molecule has 2 radical (unpaired) electrons. The van der Waals surface area contributed by atoms with E-state index in [1.807, 2.05) is 0 Å². The van der Waals surface area contributed by atoms with Crippen molar-refractivity contribution in [3.05, 3.63) is 0 Å². The van der Waals surface area contributed by atoms with E-state index >= 15 is 0 Å². The van der Waals surface area contributed by atoms with Gasteiger partial charge in [0.2, 0.25) is 0 Å². The molecular weight excluding hydrogens is 464 g/mol. The van der Waals surface area contributed by atoms with E-state index in [4.69, 9.17) is 10.4 Å². The van der Waals surface area contributed by atoms with Crippen LogP contribution in [-0.2, 0) is 0 Å². The van der Waals surface area contributed by atoms with Gasteiger partial charge in [0.1, 0.15) is 0 Å². The van der Waals surface area contributed by atoms with Gasteiger partial charge in [0.15, 0.2) is 0 Å². The molecule has 0 spiro atoms. The molecule has 0 fully saturated rings. The second-order valence-electron chi connectivity index (χ2n) is 11.8. The minimum absolute atomic E-state index is 0.0625. The van der Waals surface area contributed by atoms with Crippen molar-refractivity contribution in [3.8, 4) is 0 Å². The summed E-state index contributed by atoms with van der Waals surface area (Å²) < 4.78 is 2.56. The van der Waals surface area contributed by atoms with E-state index in [1.54, 1.807) is 27.7 Å². The molecule has 0 amide bonds. The van der Waals surface area contributed by atoms with Crippen molar-refractivity contribution >= 4 is 46.2 Å². The molecule has 0 heterocycles. The summed E-state index contributed by atoms with van der Waals surface area (Å²) in [5.74, 6) is 0. The fraction of sp³-hybridized carbons (Fsp3) is 0.909. The molecule has 0 saturated carbocycles. The Morgan fingerprint density at radius 3 is 0.571 bits per heavy atom. The average molecular weight is 514 g/mol. The third-order valence-electron chi connectivity index (χ3n) is 2.13. The summed E-state index contributed by atoms with van der Waals surface area (Å²) in [7, 11) is 0. The maximum absolute atomic E-state index is 7.73. The molecule has 0 aliphatic heterocycles. The van der Waals surface area contributed by atoms with Crippen molar-refractivity contribution in [1.82, 2.24) is 0 Å². The summed E-state index contributed by atoms with van der Waals surface area (Å²) in [6.07, 6.45) is 0. The van der Waals surface area contributed by atoms with Crippen molar-refractivity contribution < 1.29 is 10.4 Å². The first kappa shape index (κ1) is 35.6. The normalized spacial score (nSPS) is 11.1. The van der Waals surface area contributed by atoms with Gasteiger partial charge in [-0.3, -0.25) is 0 Å². The molecule has 0 saturated heterocycles. The molecule has 2 N–H and O–H groups in total. The molecule has 0 aliphatic carbocycles. The summed E-state index contributed by atoms with van der Waals surface area (Å²) in [5.41, 5.74) is 1.37. The van der Waals surface area contributed by atoms with Crippen LogP contribution in [0.1, 0.15) is 111 Å². The van der Waals surface area contributed by atoms with Crippen LogP contribution in [0.15, 0.2) is 10.3 Å². The van der Waals surface area contributed by atoms with Gasteiger partial charge in [-0.25, -0.2) is 0 Å². The number of hydrogen-bond donors (Lipinski definition) is 2. The van der Waals surface area contributed by atoms with Crippen LogP contribution in [0.5, 0.6) is 0 Å². The Morgan fingerprint density at radius 2 is 0.571 bits per heavy atom. The Labute approximate surface area is 193 Å². The Balaban J connectivity index is -0.000000143. The molecular formula is C22H50Ga2N2O2. The molecule has 0 aliphatic rings. The maximum atomic E-state index is 7.73. The number of nitrogens with zero attached hydrogens (tertiary/aromatic N) is 2. The van der Waals surface area contributed by atoms with Gasteiger partial charge in [-0.2, -0.15) is 0 Å². The topological polar surface area (TPSA) is 65.2 Å². The predicted molar refractivity (Wildman–Crippen MR) is 132 cm³/mol. The van der Waals surface area contributed by atoms with Gasteiger partial charge in [-0.15, -0.1) is 0 Å². The third-order valence-corrected chi connectivity index (χ3v) is 9.40. The van der Waals surface area contributed by atoms with Crippen LogP contribution < -0.4 is 0 Å². The molecule has 0 unspecified atom stereocenters. The van der Waals surface area contributed by atoms with E-state index in [1.165, 1.54) is 0 Å². The van der Waals surface area contributed by atoms with E-state index in [2.05, 4.69) is 93.4 Å². The van der Waals surface area contributed by atoms with E-state index in [0.29, 0.717) is 27.3 Å². The summed E-state index contributed by atoms with van der Waals surface area (Å²) in [6, 6.07) is 0. The van der Waals surface area contributed by atoms with Gasteiger partial charge in [0.25, 0.3) is 0 Å². The number of rotatable bonds is 0. The van der Waals surface area contributed by atoms with Crippen LogP contribution in [0.3, 0.4) is 0 Å². The van der Waals surface area contributed by atoms with Crippen molar-refractivity contribution in [2.75, 3.05) is 0 Å².